The quantitative estimate of drug-likeness (QED) is 0.792. The highest BCUT2D eigenvalue weighted by atomic mass is 16.5. The van der Waals surface area contributed by atoms with Crippen LogP contribution in [0.2, 0.25) is 0 Å². The summed E-state index contributed by atoms with van der Waals surface area (Å²) in [6, 6.07) is 4.21. The summed E-state index contributed by atoms with van der Waals surface area (Å²) >= 11 is 0. The van der Waals surface area contributed by atoms with Crippen molar-refractivity contribution in [2.24, 2.45) is 5.92 Å². The Kier molecular flexibility index (Phi) is 5.54. The zero-order chi connectivity index (χ0) is 21.4. The summed E-state index contributed by atoms with van der Waals surface area (Å²) in [5, 5.41) is 10.4. The molecule has 2 amide bonds. The topological polar surface area (TPSA) is 85.2 Å². The van der Waals surface area contributed by atoms with E-state index in [2.05, 4.69) is 35.6 Å². The second-order valence-corrected chi connectivity index (χ2v) is 8.82. The van der Waals surface area contributed by atoms with Crippen molar-refractivity contribution in [3.8, 4) is 5.75 Å². The van der Waals surface area contributed by atoms with E-state index in [1.165, 1.54) is 11.1 Å². The van der Waals surface area contributed by atoms with E-state index in [1.54, 1.807) is 6.20 Å². The first-order valence-electron chi connectivity index (χ1n) is 10.7. The number of aryl methyl sites for hydroxylation is 3. The van der Waals surface area contributed by atoms with Crippen molar-refractivity contribution >= 4 is 11.8 Å². The van der Waals surface area contributed by atoms with Gasteiger partial charge in [0.15, 0.2) is 6.10 Å². The molecule has 2 atom stereocenters. The van der Waals surface area contributed by atoms with Gasteiger partial charge < -0.3 is 15.4 Å². The number of fused-ring (bicyclic) bond motifs is 2. The smallest absolute Gasteiger partial charge is 0.261 e. The fourth-order valence-corrected chi connectivity index (χ4v) is 4.22. The standard InChI is InChI=1S/C23H30N4O3/c1-13(2)26-22(28)18-12-25-27-6-5-16(9-19(18)27)11-24-23(29)21-10-17-7-14(3)15(4)8-20(17)30-21/h7-8,12-13,16,21H,5-6,9-11H2,1-4H3,(H,24,29)(H,26,28). The van der Waals surface area contributed by atoms with Gasteiger partial charge in [-0.2, -0.15) is 5.10 Å². The third-order valence-electron chi connectivity index (χ3n) is 6.05. The molecule has 0 spiro atoms. The lowest BCUT2D eigenvalue weighted by Crippen LogP contribution is -2.41. The molecule has 2 aromatic rings. The van der Waals surface area contributed by atoms with Crippen molar-refractivity contribution in [2.45, 2.75) is 65.6 Å². The number of nitrogens with zero attached hydrogens (tertiary/aromatic N) is 2. The number of nitrogens with one attached hydrogen (secondary N) is 2. The number of benzene rings is 1. The second kappa shape index (κ2) is 8.13. The SMILES string of the molecule is Cc1cc2c(cc1C)OC(C(=O)NCC1CCn3ncc(C(=O)NC(C)C)c3C1)C2. The summed E-state index contributed by atoms with van der Waals surface area (Å²) in [7, 11) is 0. The minimum atomic E-state index is -0.470. The summed E-state index contributed by atoms with van der Waals surface area (Å²) in [6.07, 6.45) is 3.44. The lowest BCUT2D eigenvalue weighted by Gasteiger charge is -2.25. The molecule has 7 heteroatoms. The summed E-state index contributed by atoms with van der Waals surface area (Å²) in [5.74, 6) is 0.939. The van der Waals surface area contributed by atoms with E-state index in [9.17, 15) is 9.59 Å². The number of hydrogen-bond acceptors (Lipinski definition) is 4. The van der Waals surface area contributed by atoms with E-state index in [0.29, 0.717) is 18.5 Å². The molecule has 0 radical (unpaired) electrons. The number of ether oxygens (including phenoxy) is 1. The van der Waals surface area contributed by atoms with Crippen LogP contribution >= 0.6 is 0 Å². The molecule has 0 fully saturated rings. The van der Waals surface area contributed by atoms with E-state index >= 15 is 0 Å². The molecule has 1 aromatic carbocycles. The maximum Gasteiger partial charge on any atom is 0.261 e. The summed E-state index contributed by atoms with van der Waals surface area (Å²) in [6.45, 7) is 9.34. The van der Waals surface area contributed by atoms with Crippen molar-refractivity contribution in [3.05, 3.63) is 46.3 Å². The van der Waals surface area contributed by atoms with Gasteiger partial charge in [0.05, 0.1) is 17.5 Å². The van der Waals surface area contributed by atoms with Crippen LogP contribution in [0.1, 0.15) is 53.0 Å². The first-order chi connectivity index (χ1) is 14.3. The Bertz CT molecular complexity index is 948. The fraction of sp³-hybridized carbons (Fsp3) is 0.522. The van der Waals surface area contributed by atoms with Crippen molar-refractivity contribution in [2.75, 3.05) is 6.54 Å². The Morgan fingerprint density at radius 3 is 2.77 bits per heavy atom. The van der Waals surface area contributed by atoms with E-state index in [-0.39, 0.29) is 23.8 Å². The van der Waals surface area contributed by atoms with Crippen LogP contribution in [0.25, 0.3) is 0 Å². The van der Waals surface area contributed by atoms with Crippen molar-refractivity contribution in [1.29, 1.82) is 0 Å². The molecule has 3 heterocycles. The highest BCUT2D eigenvalue weighted by Crippen LogP contribution is 2.31. The van der Waals surface area contributed by atoms with Crippen LogP contribution in [-0.4, -0.2) is 40.3 Å². The van der Waals surface area contributed by atoms with Gasteiger partial charge in [0.1, 0.15) is 5.75 Å². The number of aromatic nitrogens is 2. The monoisotopic (exact) mass is 410 g/mol. The molecular formula is C23H30N4O3. The van der Waals surface area contributed by atoms with Gasteiger partial charge in [-0.3, -0.25) is 14.3 Å². The van der Waals surface area contributed by atoms with E-state index in [1.807, 2.05) is 24.6 Å². The molecule has 0 saturated carbocycles. The highest BCUT2D eigenvalue weighted by molar-refractivity contribution is 5.95. The van der Waals surface area contributed by atoms with Crippen molar-refractivity contribution in [1.82, 2.24) is 20.4 Å². The van der Waals surface area contributed by atoms with Crippen LogP contribution in [0.4, 0.5) is 0 Å². The first kappa shape index (κ1) is 20.4. The lowest BCUT2D eigenvalue weighted by atomic mass is 9.94. The number of amides is 2. The summed E-state index contributed by atoms with van der Waals surface area (Å²) in [5.41, 5.74) is 5.08. The van der Waals surface area contributed by atoms with Crippen LogP contribution in [-0.2, 0) is 24.2 Å². The minimum absolute atomic E-state index is 0.0710. The van der Waals surface area contributed by atoms with Crippen molar-refractivity contribution in [3.63, 3.8) is 0 Å². The lowest BCUT2D eigenvalue weighted by molar-refractivity contribution is -0.127. The third-order valence-corrected chi connectivity index (χ3v) is 6.05. The highest BCUT2D eigenvalue weighted by Gasteiger charge is 2.31. The molecule has 2 aliphatic rings. The van der Waals surface area contributed by atoms with E-state index in [4.69, 9.17) is 4.74 Å². The van der Waals surface area contributed by atoms with Gasteiger partial charge in [-0.25, -0.2) is 0 Å². The molecule has 2 N–H and O–H groups in total. The van der Waals surface area contributed by atoms with Gasteiger partial charge in [-0.15, -0.1) is 0 Å². The largest absolute Gasteiger partial charge is 0.480 e. The van der Waals surface area contributed by atoms with Crippen LogP contribution in [0, 0.1) is 19.8 Å². The zero-order valence-electron chi connectivity index (χ0n) is 18.1. The summed E-state index contributed by atoms with van der Waals surface area (Å²) < 4.78 is 7.81. The molecule has 30 heavy (non-hydrogen) atoms. The summed E-state index contributed by atoms with van der Waals surface area (Å²) in [4.78, 5) is 25.1. The van der Waals surface area contributed by atoms with Crippen LogP contribution < -0.4 is 15.4 Å². The molecule has 2 aliphatic heterocycles. The Hall–Kier alpha value is -2.83. The van der Waals surface area contributed by atoms with Gasteiger partial charge in [-0.05, 0) is 69.2 Å². The maximum absolute atomic E-state index is 12.7. The van der Waals surface area contributed by atoms with E-state index < -0.39 is 6.10 Å². The molecule has 0 aliphatic carbocycles. The molecular weight excluding hydrogens is 380 g/mol. The van der Waals surface area contributed by atoms with Gasteiger partial charge in [-0.1, -0.05) is 6.07 Å². The predicted octanol–water partition coefficient (Wildman–Crippen LogP) is 2.32. The van der Waals surface area contributed by atoms with Crippen LogP contribution in [0.5, 0.6) is 5.75 Å². The van der Waals surface area contributed by atoms with E-state index in [0.717, 1.165) is 36.4 Å². The Labute approximate surface area is 177 Å². The van der Waals surface area contributed by atoms with Gasteiger partial charge >= 0.3 is 0 Å². The van der Waals surface area contributed by atoms with Crippen LogP contribution in [0.15, 0.2) is 18.3 Å². The van der Waals surface area contributed by atoms with Gasteiger partial charge in [0, 0.05) is 25.6 Å². The minimum Gasteiger partial charge on any atom is -0.480 e. The van der Waals surface area contributed by atoms with Gasteiger partial charge in [0.2, 0.25) is 0 Å². The number of rotatable bonds is 5. The van der Waals surface area contributed by atoms with Gasteiger partial charge in [0.25, 0.3) is 11.8 Å². The van der Waals surface area contributed by atoms with Crippen LogP contribution in [0.3, 0.4) is 0 Å². The molecule has 0 saturated heterocycles. The molecule has 4 rings (SSSR count). The van der Waals surface area contributed by atoms with Crippen molar-refractivity contribution < 1.29 is 14.3 Å². The second-order valence-electron chi connectivity index (χ2n) is 8.82. The fourth-order valence-electron chi connectivity index (χ4n) is 4.22. The maximum atomic E-state index is 12.7. The number of carbonyl (C=O) groups excluding carboxylic acids is 2. The number of carbonyl (C=O) groups is 2. The number of hydrogen-bond donors (Lipinski definition) is 2. The molecule has 1 aromatic heterocycles. The average Bonchev–Trinajstić information content (AvgIpc) is 3.29. The Balaban J connectivity index is 1.34. The zero-order valence-corrected chi connectivity index (χ0v) is 18.1. The molecule has 2 unspecified atom stereocenters. The normalized spacial score (nSPS) is 19.8. The Morgan fingerprint density at radius 2 is 2.00 bits per heavy atom. The Morgan fingerprint density at radius 1 is 1.23 bits per heavy atom. The first-order valence-corrected chi connectivity index (χ1v) is 10.7. The predicted molar refractivity (Wildman–Crippen MR) is 114 cm³/mol. The molecule has 7 nitrogen and oxygen atoms in total. The molecule has 0 bridgehead atoms. The average molecular weight is 411 g/mol. The third kappa shape index (κ3) is 4.06. The molecule has 160 valence electrons.